The van der Waals surface area contributed by atoms with Gasteiger partial charge in [-0.1, -0.05) is 36.4 Å². The van der Waals surface area contributed by atoms with E-state index in [2.05, 4.69) is 37.9 Å². The summed E-state index contributed by atoms with van der Waals surface area (Å²) in [7, 11) is 0. The van der Waals surface area contributed by atoms with Crippen LogP contribution in [0.2, 0.25) is 0 Å². The Bertz CT molecular complexity index is 840. The zero-order chi connectivity index (χ0) is 20.6. The van der Waals surface area contributed by atoms with Crippen LogP contribution in [0.3, 0.4) is 0 Å². The van der Waals surface area contributed by atoms with Crippen LogP contribution in [0.5, 0.6) is 11.5 Å². The predicted octanol–water partition coefficient (Wildman–Crippen LogP) is 3.93. The standard InChI is InChI=1S/C24H30N2O3/c1-16-13-26(14-17(2)28-16)24(3,4)15-25-23(27)22-18-9-5-7-11-20(18)29-21-12-8-6-10-19(21)22/h5-12,16-17,22H,13-15H2,1-4H3,(H,25,27)/t16-,17+. The number of nitrogens with one attached hydrogen (secondary N) is 1. The molecule has 4 rings (SSSR count). The minimum absolute atomic E-state index is 0.00984. The van der Waals surface area contributed by atoms with Crippen LogP contribution in [0.25, 0.3) is 0 Å². The van der Waals surface area contributed by atoms with Gasteiger partial charge in [0.05, 0.1) is 18.1 Å². The lowest BCUT2D eigenvalue weighted by Gasteiger charge is -2.45. The number of hydrogen-bond donors (Lipinski definition) is 1. The highest BCUT2D eigenvalue weighted by Crippen LogP contribution is 2.43. The number of carbonyl (C=O) groups excluding carboxylic acids is 1. The number of benzene rings is 2. The Morgan fingerprint density at radius 3 is 2.07 bits per heavy atom. The van der Waals surface area contributed by atoms with Crippen molar-refractivity contribution in [1.29, 1.82) is 0 Å². The molecule has 2 atom stereocenters. The van der Waals surface area contributed by atoms with Crippen molar-refractivity contribution in [2.75, 3.05) is 19.6 Å². The lowest BCUT2D eigenvalue weighted by molar-refractivity contribution is -0.123. The number of fused-ring (bicyclic) bond motifs is 2. The van der Waals surface area contributed by atoms with Crippen molar-refractivity contribution in [3.8, 4) is 11.5 Å². The Kier molecular flexibility index (Phi) is 5.36. The molecule has 0 aliphatic carbocycles. The molecule has 1 fully saturated rings. The summed E-state index contributed by atoms with van der Waals surface area (Å²) in [6.07, 6.45) is 0.394. The Morgan fingerprint density at radius 2 is 1.52 bits per heavy atom. The van der Waals surface area contributed by atoms with E-state index in [1.165, 1.54) is 0 Å². The van der Waals surface area contributed by atoms with E-state index in [-0.39, 0.29) is 29.6 Å². The molecule has 1 amide bonds. The highest BCUT2D eigenvalue weighted by atomic mass is 16.5. The Hall–Kier alpha value is -2.37. The SMILES string of the molecule is C[C@@H]1CN(C(C)(C)CNC(=O)C2c3ccccc3Oc3ccccc32)C[C@H](C)O1. The van der Waals surface area contributed by atoms with E-state index < -0.39 is 0 Å². The Labute approximate surface area is 173 Å². The van der Waals surface area contributed by atoms with Gasteiger partial charge in [-0.15, -0.1) is 0 Å². The predicted molar refractivity (Wildman–Crippen MR) is 113 cm³/mol. The second-order valence-electron chi connectivity index (χ2n) is 8.80. The van der Waals surface area contributed by atoms with E-state index in [1.807, 2.05) is 48.5 Å². The number of nitrogens with zero attached hydrogens (tertiary/aromatic N) is 1. The van der Waals surface area contributed by atoms with Gasteiger partial charge < -0.3 is 14.8 Å². The molecule has 0 aromatic heterocycles. The number of ether oxygens (including phenoxy) is 2. The van der Waals surface area contributed by atoms with Gasteiger partial charge in [-0.05, 0) is 39.8 Å². The number of morpholine rings is 1. The molecule has 5 heteroatoms. The fourth-order valence-corrected chi connectivity index (χ4v) is 4.38. The van der Waals surface area contributed by atoms with Gasteiger partial charge in [-0.3, -0.25) is 9.69 Å². The first-order valence-electron chi connectivity index (χ1n) is 10.4. The van der Waals surface area contributed by atoms with Gasteiger partial charge in [-0.25, -0.2) is 0 Å². The van der Waals surface area contributed by atoms with Crippen LogP contribution in [0.4, 0.5) is 0 Å². The van der Waals surface area contributed by atoms with Gasteiger partial charge in [0.15, 0.2) is 0 Å². The average molecular weight is 395 g/mol. The van der Waals surface area contributed by atoms with Crippen LogP contribution >= 0.6 is 0 Å². The zero-order valence-electron chi connectivity index (χ0n) is 17.6. The van der Waals surface area contributed by atoms with E-state index in [9.17, 15) is 4.79 Å². The van der Waals surface area contributed by atoms with Crippen molar-refractivity contribution in [2.45, 2.75) is 51.4 Å². The van der Waals surface area contributed by atoms with E-state index in [4.69, 9.17) is 9.47 Å². The normalized spacial score (nSPS) is 22.3. The van der Waals surface area contributed by atoms with Crippen LogP contribution < -0.4 is 10.1 Å². The molecule has 0 bridgehead atoms. The molecule has 2 aromatic carbocycles. The van der Waals surface area contributed by atoms with E-state index in [0.717, 1.165) is 35.7 Å². The van der Waals surface area contributed by atoms with Gasteiger partial charge in [0.25, 0.3) is 0 Å². The molecule has 0 saturated carbocycles. The summed E-state index contributed by atoms with van der Waals surface area (Å²) in [5, 5.41) is 3.22. The molecule has 2 aliphatic heterocycles. The summed E-state index contributed by atoms with van der Waals surface area (Å²) in [6.45, 7) is 10.9. The highest BCUT2D eigenvalue weighted by molar-refractivity contribution is 5.89. The average Bonchev–Trinajstić information content (AvgIpc) is 2.69. The van der Waals surface area contributed by atoms with Gasteiger partial charge in [0, 0.05) is 36.3 Å². The first-order chi connectivity index (χ1) is 13.8. The number of carbonyl (C=O) groups is 1. The number of amides is 1. The lowest BCUT2D eigenvalue weighted by atomic mass is 9.87. The maximum absolute atomic E-state index is 13.4. The first kappa shape index (κ1) is 19.9. The van der Waals surface area contributed by atoms with Gasteiger partial charge >= 0.3 is 0 Å². The summed E-state index contributed by atoms with van der Waals surface area (Å²) in [5.74, 6) is 1.15. The van der Waals surface area contributed by atoms with Gasteiger partial charge in [-0.2, -0.15) is 0 Å². The summed E-state index contributed by atoms with van der Waals surface area (Å²) in [4.78, 5) is 15.8. The maximum atomic E-state index is 13.4. The largest absolute Gasteiger partial charge is 0.457 e. The van der Waals surface area contributed by atoms with Crippen LogP contribution in [0, 0.1) is 0 Å². The second-order valence-corrected chi connectivity index (χ2v) is 8.80. The van der Waals surface area contributed by atoms with Crippen molar-refractivity contribution in [3.63, 3.8) is 0 Å². The van der Waals surface area contributed by atoms with Crippen molar-refractivity contribution >= 4 is 5.91 Å². The molecule has 29 heavy (non-hydrogen) atoms. The van der Waals surface area contributed by atoms with Crippen LogP contribution in [0.15, 0.2) is 48.5 Å². The third-order valence-electron chi connectivity index (χ3n) is 5.91. The topological polar surface area (TPSA) is 50.8 Å². The number of rotatable bonds is 4. The van der Waals surface area contributed by atoms with E-state index in [1.54, 1.807) is 0 Å². The fourth-order valence-electron chi connectivity index (χ4n) is 4.38. The summed E-state index contributed by atoms with van der Waals surface area (Å²) < 4.78 is 11.9. The number of hydrogen-bond acceptors (Lipinski definition) is 4. The molecule has 154 valence electrons. The lowest BCUT2D eigenvalue weighted by Crippen LogP contribution is -2.59. The Morgan fingerprint density at radius 1 is 1.00 bits per heavy atom. The molecular weight excluding hydrogens is 364 g/mol. The maximum Gasteiger partial charge on any atom is 0.232 e. The van der Waals surface area contributed by atoms with Crippen LogP contribution in [0.1, 0.15) is 44.7 Å². The summed E-state index contributed by atoms with van der Waals surface area (Å²) in [6, 6.07) is 15.6. The van der Waals surface area contributed by atoms with Crippen molar-refractivity contribution in [1.82, 2.24) is 10.2 Å². The second kappa shape index (κ2) is 7.81. The smallest absolute Gasteiger partial charge is 0.232 e. The molecule has 0 spiro atoms. The summed E-state index contributed by atoms with van der Waals surface area (Å²) in [5.41, 5.74) is 1.66. The third-order valence-corrected chi connectivity index (χ3v) is 5.91. The number of para-hydroxylation sites is 2. The van der Waals surface area contributed by atoms with Gasteiger partial charge in [0.2, 0.25) is 5.91 Å². The molecule has 0 radical (unpaired) electrons. The van der Waals surface area contributed by atoms with Gasteiger partial charge in [0.1, 0.15) is 11.5 Å². The first-order valence-corrected chi connectivity index (χ1v) is 10.4. The van der Waals surface area contributed by atoms with Crippen LogP contribution in [-0.4, -0.2) is 48.2 Å². The molecule has 1 N–H and O–H groups in total. The molecule has 5 nitrogen and oxygen atoms in total. The minimum Gasteiger partial charge on any atom is -0.457 e. The minimum atomic E-state index is -0.366. The Balaban J connectivity index is 1.53. The molecule has 2 aliphatic rings. The molecule has 0 unspecified atom stereocenters. The monoisotopic (exact) mass is 394 g/mol. The van der Waals surface area contributed by atoms with E-state index >= 15 is 0 Å². The molecular formula is C24H30N2O3. The quantitative estimate of drug-likeness (QED) is 0.854. The zero-order valence-corrected chi connectivity index (χ0v) is 17.6. The molecule has 1 saturated heterocycles. The highest BCUT2D eigenvalue weighted by Gasteiger charge is 2.36. The van der Waals surface area contributed by atoms with Crippen LogP contribution in [-0.2, 0) is 9.53 Å². The van der Waals surface area contributed by atoms with E-state index in [0.29, 0.717) is 6.54 Å². The van der Waals surface area contributed by atoms with Crippen molar-refractivity contribution in [2.24, 2.45) is 0 Å². The fraction of sp³-hybridized carbons (Fsp3) is 0.458. The molecule has 2 aromatic rings. The third kappa shape index (κ3) is 4.02. The van der Waals surface area contributed by atoms with Crippen molar-refractivity contribution < 1.29 is 14.3 Å². The molecule has 2 heterocycles. The summed E-state index contributed by atoms with van der Waals surface area (Å²) >= 11 is 0. The van der Waals surface area contributed by atoms with Crippen molar-refractivity contribution in [3.05, 3.63) is 59.7 Å².